The maximum atomic E-state index is 11.5. The van der Waals surface area contributed by atoms with Gasteiger partial charge in [-0.3, -0.25) is 0 Å². The van der Waals surface area contributed by atoms with Gasteiger partial charge in [-0.2, -0.15) is 0 Å². The summed E-state index contributed by atoms with van der Waals surface area (Å²) < 4.78 is 2.09. The third-order valence-electron chi connectivity index (χ3n) is 5.02. The van der Waals surface area contributed by atoms with Crippen molar-refractivity contribution in [3.63, 3.8) is 0 Å². The quantitative estimate of drug-likeness (QED) is 0.766. The average molecular weight is 314 g/mol. The number of para-hydroxylation sites is 1. The Hall–Kier alpha value is -2.65. The van der Waals surface area contributed by atoms with Crippen LogP contribution in [0.1, 0.15) is 29.7 Å². The van der Waals surface area contributed by atoms with Crippen LogP contribution in [0.4, 0.5) is 0 Å². The van der Waals surface area contributed by atoms with E-state index in [0.29, 0.717) is 0 Å². The molecule has 2 heterocycles. The molecule has 1 aliphatic carbocycles. The number of rotatable bonds is 2. The van der Waals surface area contributed by atoms with Gasteiger partial charge in [-0.05, 0) is 31.0 Å². The largest absolute Gasteiger partial charge is 0.364 e. The highest BCUT2D eigenvalue weighted by Gasteiger charge is 2.48. The molecule has 5 rings (SSSR count). The number of hydrogen-bond acceptors (Lipinski definition) is 2. The van der Waals surface area contributed by atoms with E-state index >= 15 is 0 Å². The van der Waals surface area contributed by atoms with Gasteiger partial charge in [-0.1, -0.05) is 48.5 Å². The van der Waals surface area contributed by atoms with E-state index in [1.165, 1.54) is 0 Å². The van der Waals surface area contributed by atoms with Crippen LogP contribution in [0, 0.1) is 5.92 Å². The van der Waals surface area contributed by atoms with Gasteiger partial charge in [0, 0.05) is 23.2 Å². The van der Waals surface area contributed by atoms with Gasteiger partial charge in [0.1, 0.15) is 0 Å². The summed E-state index contributed by atoms with van der Waals surface area (Å²) in [6, 6.07) is 22.4. The van der Waals surface area contributed by atoms with Crippen LogP contribution >= 0.6 is 0 Å². The minimum absolute atomic E-state index is 0.194. The summed E-state index contributed by atoms with van der Waals surface area (Å²) >= 11 is 0. The molecule has 1 aliphatic heterocycles. The Labute approximate surface area is 140 Å². The topological polar surface area (TPSA) is 37.5 Å². The minimum atomic E-state index is -1.16. The molecule has 24 heavy (non-hydrogen) atoms. The van der Waals surface area contributed by atoms with E-state index in [2.05, 4.69) is 28.8 Å². The van der Waals surface area contributed by atoms with Crippen molar-refractivity contribution >= 4 is 5.71 Å². The maximum Gasteiger partial charge on any atom is 0.201 e. The number of nitrogens with zero attached hydrogens (tertiary/aromatic N) is 2. The minimum Gasteiger partial charge on any atom is -0.364 e. The van der Waals surface area contributed by atoms with Crippen LogP contribution in [0.2, 0.25) is 0 Å². The van der Waals surface area contributed by atoms with Crippen molar-refractivity contribution in [2.45, 2.75) is 18.6 Å². The van der Waals surface area contributed by atoms with Gasteiger partial charge in [-0.15, -0.1) is 0 Å². The second-order valence-corrected chi connectivity index (χ2v) is 6.61. The van der Waals surface area contributed by atoms with Crippen LogP contribution in [0.5, 0.6) is 0 Å². The molecule has 0 saturated heterocycles. The Bertz CT molecular complexity index is 937. The van der Waals surface area contributed by atoms with Gasteiger partial charge >= 0.3 is 0 Å². The highest BCUT2D eigenvalue weighted by atomic mass is 16.3. The van der Waals surface area contributed by atoms with E-state index in [1.807, 2.05) is 48.7 Å². The predicted octanol–water partition coefficient (Wildman–Crippen LogP) is 3.88. The van der Waals surface area contributed by atoms with Gasteiger partial charge < -0.3 is 9.67 Å². The molecule has 2 aliphatic rings. The van der Waals surface area contributed by atoms with Gasteiger partial charge in [0.2, 0.25) is 5.72 Å². The molecule has 118 valence electrons. The number of benzene rings is 2. The zero-order valence-corrected chi connectivity index (χ0v) is 13.3. The fraction of sp³-hybridized carbons (Fsp3) is 0.190. The molecular formula is C21H18N2O. The molecule has 3 heteroatoms. The van der Waals surface area contributed by atoms with Crippen molar-refractivity contribution < 1.29 is 5.11 Å². The van der Waals surface area contributed by atoms with Gasteiger partial charge in [0.15, 0.2) is 0 Å². The normalized spacial score (nSPS) is 22.3. The summed E-state index contributed by atoms with van der Waals surface area (Å²) in [6.07, 6.45) is 4.05. The molecule has 3 aromatic rings. The Balaban J connectivity index is 1.85. The Morgan fingerprint density at radius 1 is 0.917 bits per heavy atom. The molecule has 1 aromatic heterocycles. The summed E-state index contributed by atoms with van der Waals surface area (Å²) in [5, 5.41) is 11.5. The zero-order valence-electron chi connectivity index (χ0n) is 13.3. The lowest BCUT2D eigenvalue weighted by atomic mass is 10.00. The van der Waals surface area contributed by atoms with Gasteiger partial charge in [-0.25, -0.2) is 4.99 Å². The molecule has 0 amide bonds. The van der Waals surface area contributed by atoms with Crippen LogP contribution in [-0.4, -0.2) is 15.4 Å². The maximum absolute atomic E-state index is 11.5. The van der Waals surface area contributed by atoms with Crippen molar-refractivity contribution in [2.75, 3.05) is 0 Å². The number of aliphatic imine (C=N–C) groups is 1. The summed E-state index contributed by atoms with van der Waals surface area (Å²) in [5.41, 5.74) is 3.73. The molecule has 0 radical (unpaired) electrons. The molecule has 0 bridgehead atoms. The summed E-state index contributed by atoms with van der Waals surface area (Å²) in [7, 11) is 0. The third-order valence-corrected chi connectivity index (χ3v) is 5.02. The standard InChI is InChI=1S/C21H18N2O/c24-21(16-12-13-16)19-11-6-14-23(19)18-10-5-4-9-17(18)20(22-21)15-7-2-1-3-8-15/h1-11,14,16,24H,12-13H2. The van der Waals surface area contributed by atoms with Gasteiger partial charge in [0.25, 0.3) is 0 Å². The van der Waals surface area contributed by atoms with Gasteiger partial charge in [0.05, 0.1) is 17.1 Å². The molecule has 1 unspecified atom stereocenters. The smallest absolute Gasteiger partial charge is 0.201 e. The van der Waals surface area contributed by atoms with E-state index in [0.717, 1.165) is 41.1 Å². The molecule has 1 saturated carbocycles. The summed E-state index contributed by atoms with van der Waals surface area (Å²) in [4.78, 5) is 4.95. The van der Waals surface area contributed by atoms with E-state index < -0.39 is 5.72 Å². The second kappa shape index (κ2) is 4.92. The number of aromatic nitrogens is 1. The monoisotopic (exact) mass is 314 g/mol. The fourth-order valence-corrected chi connectivity index (χ4v) is 3.67. The number of fused-ring (bicyclic) bond motifs is 3. The van der Waals surface area contributed by atoms with Crippen LogP contribution in [-0.2, 0) is 5.72 Å². The molecule has 1 atom stereocenters. The lowest BCUT2D eigenvalue weighted by Crippen LogP contribution is -2.28. The van der Waals surface area contributed by atoms with E-state index in [1.54, 1.807) is 0 Å². The zero-order chi connectivity index (χ0) is 16.1. The van der Waals surface area contributed by atoms with Crippen molar-refractivity contribution in [1.82, 2.24) is 4.57 Å². The Morgan fingerprint density at radius 2 is 1.67 bits per heavy atom. The van der Waals surface area contributed by atoms with E-state index in [-0.39, 0.29) is 5.92 Å². The lowest BCUT2D eigenvalue weighted by molar-refractivity contribution is 0.0173. The Morgan fingerprint density at radius 3 is 2.46 bits per heavy atom. The van der Waals surface area contributed by atoms with E-state index in [9.17, 15) is 5.11 Å². The van der Waals surface area contributed by atoms with Crippen LogP contribution < -0.4 is 0 Å². The highest BCUT2D eigenvalue weighted by Crippen LogP contribution is 2.49. The molecule has 2 aromatic carbocycles. The van der Waals surface area contributed by atoms with E-state index in [4.69, 9.17) is 4.99 Å². The first kappa shape index (κ1) is 13.8. The van der Waals surface area contributed by atoms with Crippen molar-refractivity contribution in [2.24, 2.45) is 10.9 Å². The summed E-state index contributed by atoms with van der Waals surface area (Å²) in [5.74, 6) is 0.194. The highest BCUT2D eigenvalue weighted by molar-refractivity contribution is 6.15. The average Bonchev–Trinajstić information content (AvgIpc) is 3.39. The molecule has 0 spiro atoms. The Kier molecular flexibility index (Phi) is 2.82. The number of hydrogen-bond donors (Lipinski definition) is 1. The molecule has 3 nitrogen and oxygen atoms in total. The molecular weight excluding hydrogens is 296 g/mol. The summed E-state index contributed by atoms with van der Waals surface area (Å²) in [6.45, 7) is 0. The van der Waals surface area contributed by atoms with Crippen molar-refractivity contribution in [3.8, 4) is 5.69 Å². The fourth-order valence-electron chi connectivity index (χ4n) is 3.67. The molecule has 1 fully saturated rings. The van der Waals surface area contributed by atoms with Crippen molar-refractivity contribution in [1.29, 1.82) is 0 Å². The second-order valence-electron chi connectivity index (χ2n) is 6.61. The lowest BCUT2D eigenvalue weighted by Gasteiger charge is -2.24. The first-order valence-corrected chi connectivity index (χ1v) is 8.42. The molecule has 1 N–H and O–H groups in total. The van der Waals surface area contributed by atoms with Crippen LogP contribution in [0.3, 0.4) is 0 Å². The first-order valence-electron chi connectivity index (χ1n) is 8.42. The van der Waals surface area contributed by atoms with Crippen molar-refractivity contribution in [3.05, 3.63) is 89.7 Å². The third kappa shape index (κ3) is 1.91. The van der Waals surface area contributed by atoms with Crippen LogP contribution in [0.15, 0.2) is 77.9 Å². The van der Waals surface area contributed by atoms with Crippen LogP contribution in [0.25, 0.3) is 5.69 Å². The SMILES string of the molecule is OC1(C2CC2)N=C(c2ccccc2)c2ccccc2-n2cccc21. The predicted molar refractivity (Wildman–Crippen MR) is 94.5 cm³/mol. The first-order chi connectivity index (χ1) is 11.8. The number of aliphatic hydroxyl groups is 1.